The van der Waals surface area contributed by atoms with Gasteiger partial charge >= 0.3 is 0 Å². The summed E-state index contributed by atoms with van der Waals surface area (Å²) in [4.78, 5) is 2.14. The Labute approximate surface area is 108 Å². The van der Waals surface area contributed by atoms with E-state index in [1.54, 1.807) is 0 Å². The van der Waals surface area contributed by atoms with E-state index < -0.39 is 0 Å². The topological polar surface area (TPSA) is 45.5 Å². The van der Waals surface area contributed by atoms with Crippen molar-refractivity contribution in [1.82, 2.24) is 4.90 Å². The third kappa shape index (κ3) is 2.41. The standard InChI is InChI=1S/C14H18N2O2/c1-10-7-13-14(18-9-17-13)8-11(10)12(16(2)3)5-4-6-15/h7-8,12H,4-5,9H2,1-3H3. The van der Waals surface area contributed by atoms with E-state index in [1.807, 2.05) is 26.2 Å². The van der Waals surface area contributed by atoms with Gasteiger partial charge in [0, 0.05) is 12.5 Å². The van der Waals surface area contributed by atoms with E-state index in [9.17, 15) is 0 Å². The Bertz CT molecular complexity index is 477. The Morgan fingerprint density at radius 2 is 2.00 bits per heavy atom. The largest absolute Gasteiger partial charge is 0.454 e. The summed E-state index contributed by atoms with van der Waals surface area (Å²) in [5.74, 6) is 1.62. The van der Waals surface area contributed by atoms with Gasteiger partial charge in [-0.3, -0.25) is 0 Å². The number of nitrogens with zero attached hydrogens (tertiary/aromatic N) is 2. The van der Waals surface area contributed by atoms with Gasteiger partial charge in [-0.15, -0.1) is 0 Å². The molecule has 4 nitrogen and oxygen atoms in total. The summed E-state index contributed by atoms with van der Waals surface area (Å²) in [7, 11) is 4.07. The first-order chi connectivity index (χ1) is 8.63. The molecule has 1 aliphatic rings. The van der Waals surface area contributed by atoms with Crippen LogP contribution in [0.25, 0.3) is 0 Å². The van der Waals surface area contributed by atoms with Crippen molar-refractivity contribution in [2.24, 2.45) is 0 Å². The molecule has 1 aromatic carbocycles. The van der Waals surface area contributed by atoms with Crippen LogP contribution in [-0.4, -0.2) is 25.8 Å². The van der Waals surface area contributed by atoms with Crippen molar-refractivity contribution in [1.29, 1.82) is 5.26 Å². The highest BCUT2D eigenvalue weighted by Gasteiger charge is 2.21. The van der Waals surface area contributed by atoms with Gasteiger partial charge in [-0.25, -0.2) is 0 Å². The quantitative estimate of drug-likeness (QED) is 0.819. The van der Waals surface area contributed by atoms with E-state index in [0.717, 1.165) is 17.9 Å². The third-order valence-electron chi connectivity index (χ3n) is 3.27. The Balaban J connectivity index is 2.33. The van der Waals surface area contributed by atoms with E-state index in [-0.39, 0.29) is 6.04 Å². The first-order valence-corrected chi connectivity index (χ1v) is 6.07. The maximum atomic E-state index is 8.75. The molecule has 0 radical (unpaired) electrons. The van der Waals surface area contributed by atoms with Crippen LogP contribution in [0, 0.1) is 18.3 Å². The Hall–Kier alpha value is -1.73. The van der Waals surface area contributed by atoms with E-state index in [0.29, 0.717) is 13.2 Å². The molecular formula is C14H18N2O2. The van der Waals surface area contributed by atoms with Gasteiger partial charge in [-0.2, -0.15) is 5.26 Å². The third-order valence-corrected chi connectivity index (χ3v) is 3.27. The second-order valence-electron chi connectivity index (χ2n) is 4.74. The predicted octanol–water partition coefficient (Wildman–Crippen LogP) is 2.63. The van der Waals surface area contributed by atoms with E-state index >= 15 is 0 Å². The maximum Gasteiger partial charge on any atom is 0.231 e. The number of rotatable bonds is 4. The average molecular weight is 246 g/mol. The number of benzene rings is 1. The van der Waals surface area contributed by atoms with Crippen molar-refractivity contribution in [3.05, 3.63) is 23.3 Å². The highest BCUT2D eigenvalue weighted by Crippen LogP contribution is 2.38. The second-order valence-corrected chi connectivity index (χ2v) is 4.74. The van der Waals surface area contributed by atoms with Crippen LogP contribution in [-0.2, 0) is 0 Å². The first kappa shape index (κ1) is 12.7. The van der Waals surface area contributed by atoms with Gasteiger partial charge in [-0.05, 0) is 50.7 Å². The molecular weight excluding hydrogens is 228 g/mol. The predicted molar refractivity (Wildman–Crippen MR) is 68.6 cm³/mol. The number of hydrogen-bond donors (Lipinski definition) is 0. The molecule has 1 aromatic rings. The molecule has 0 bridgehead atoms. The molecule has 0 saturated heterocycles. The Morgan fingerprint density at radius 1 is 1.33 bits per heavy atom. The lowest BCUT2D eigenvalue weighted by Gasteiger charge is -2.25. The molecule has 1 aliphatic heterocycles. The minimum absolute atomic E-state index is 0.235. The fraction of sp³-hybridized carbons (Fsp3) is 0.500. The van der Waals surface area contributed by atoms with Gasteiger partial charge in [0.15, 0.2) is 11.5 Å². The fourth-order valence-electron chi connectivity index (χ4n) is 2.31. The molecule has 0 fully saturated rings. The van der Waals surface area contributed by atoms with Crippen LogP contribution < -0.4 is 9.47 Å². The molecule has 0 saturated carbocycles. The molecule has 18 heavy (non-hydrogen) atoms. The summed E-state index contributed by atoms with van der Waals surface area (Å²) in [6.45, 7) is 2.36. The van der Waals surface area contributed by atoms with Crippen molar-refractivity contribution < 1.29 is 9.47 Å². The molecule has 2 rings (SSSR count). The molecule has 96 valence electrons. The van der Waals surface area contributed by atoms with Gasteiger partial charge in [0.25, 0.3) is 0 Å². The van der Waals surface area contributed by atoms with Crippen LogP contribution in [0.5, 0.6) is 11.5 Å². The summed E-state index contributed by atoms with van der Waals surface area (Å²) >= 11 is 0. The SMILES string of the molecule is Cc1cc2c(cc1C(CCC#N)N(C)C)OCO2. The molecule has 1 unspecified atom stereocenters. The number of aryl methyl sites for hydroxylation is 1. The summed E-state index contributed by atoms with van der Waals surface area (Å²) in [6, 6.07) is 6.50. The number of hydrogen-bond acceptors (Lipinski definition) is 4. The van der Waals surface area contributed by atoms with Crippen LogP contribution in [0.15, 0.2) is 12.1 Å². The van der Waals surface area contributed by atoms with Gasteiger partial charge in [0.1, 0.15) is 0 Å². The molecule has 1 heterocycles. The summed E-state index contributed by atoms with van der Waals surface area (Å²) < 4.78 is 10.8. The number of fused-ring (bicyclic) bond motifs is 1. The molecule has 1 atom stereocenters. The van der Waals surface area contributed by atoms with Gasteiger partial charge in [-0.1, -0.05) is 0 Å². The van der Waals surface area contributed by atoms with Gasteiger partial charge in [0.05, 0.1) is 6.07 Å². The lowest BCUT2D eigenvalue weighted by molar-refractivity contribution is 0.174. The van der Waals surface area contributed by atoms with Crippen LogP contribution in [0.1, 0.15) is 30.0 Å². The normalized spacial score (nSPS) is 14.6. The monoisotopic (exact) mass is 246 g/mol. The van der Waals surface area contributed by atoms with Gasteiger partial charge in [0.2, 0.25) is 6.79 Å². The van der Waals surface area contributed by atoms with Crippen molar-refractivity contribution in [2.45, 2.75) is 25.8 Å². The molecule has 0 aliphatic carbocycles. The minimum Gasteiger partial charge on any atom is -0.454 e. The zero-order valence-electron chi connectivity index (χ0n) is 11.1. The molecule has 0 N–H and O–H groups in total. The summed E-state index contributed by atoms with van der Waals surface area (Å²) in [5.41, 5.74) is 2.38. The molecule has 0 aromatic heterocycles. The number of nitriles is 1. The zero-order chi connectivity index (χ0) is 13.1. The Kier molecular flexibility index (Phi) is 3.73. The second kappa shape index (κ2) is 5.28. The fourth-order valence-corrected chi connectivity index (χ4v) is 2.31. The molecule has 4 heteroatoms. The minimum atomic E-state index is 0.235. The number of ether oxygens (including phenoxy) is 2. The van der Waals surface area contributed by atoms with Crippen LogP contribution in [0.2, 0.25) is 0 Å². The van der Waals surface area contributed by atoms with Crippen molar-refractivity contribution in [3.63, 3.8) is 0 Å². The maximum absolute atomic E-state index is 8.75. The molecule has 0 spiro atoms. The zero-order valence-corrected chi connectivity index (χ0v) is 11.1. The van der Waals surface area contributed by atoms with Crippen molar-refractivity contribution >= 4 is 0 Å². The van der Waals surface area contributed by atoms with E-state index in [4.69, 9.17) is 14.7 Å². The summed E-state index contributed by atoms with van der Waals surface area (Å²) in [5, 5.41) is 8.75. The van der Waals surface area contributed by atoms with Crippen LogP contribution in [0.4, 0.5) is 0 Å². The van der Waals surface area contributed by atoms with Gasteiger partial charge < -0.3 is 14.4 Å². The van der Waals surface area contributed by atoms with E-state index in [2.05, 4.69) is 17.9 Å². The average Bonchev–Trinajstić information content (AvgIpc) is 2.76. The van der Waals surface area contributed by atoms with E-state index in [1.165, 1.54) is 11.1 Å². The lowest BCUT2D eigenvalue weighted by Crippen LogP contribution is -2.20. The Morgan fingerprint density at radius 3 is 2.61 bits per heavy atom. The first-order valence-electron chi connectivity index (χ1n) is 6.07. The highest BCUT2D eigenvalue weighted by atomic mass is 16.7. The lowest BCUT2D eigenvalue weighted by atomic mass is 9.96. The highest BCUT2D eigenvalue weighted by molar-refractivity contribution is 5.49. The summed E-state index contributed by atoms with van der Waals surface area (Å²) in [6.07, 6.45) is 1.38. The van der Waals surface area contributed by atoms with Crippen molar-refractivity contribution in [2.75, 3.05) is 20.9 Å². The van der Waals surface area contributed by atoms with Crippen molar-refractivity contribution in [3.8, 4) is 17.6 Å². The molecule has 0 amide bonds. The smallest absolute Gasteiger partial charge is 0.231 e. The van der Waals surface area contributed by atoms with Crippen LogP contribution in [0.3, 0.4) is 0 Å². The van der Waals surface area contributed by atoms with Crippen LogP contribution >= 0.6 is 0 Å².